The Bertz CT molecular complexity index is 436. The van der Waals surface area contributed by atoms with E-state index in [-0.39, 0.29) is 6.09 Å². The maximum atomic E-state index is 11.7. The molecular formula is C10H13N3O2. The lowest BCUT2D eigenvalue weighted by atomic mass is 9.97. The Balaban J connectivity index is 2.23. The molecule has 0 aliphatic carbocycles. The maximum Gasteiger partial charge on any atom is 0.415 e. The lowest BCUT2D eigenvalue weighted by molar-refractivity contribution is 0.0315. The van der Waals surface area contributed by atoms with Gasteiger partial charge in [-0.1, -0.05) is 0 Å². The monoisotopic (exact) mass is 207 g/mol. The smallest absolute Gasteiger partial charge is 0.415 e. The second kappa shape index (κ2) is 2.53. The van der Waals surface area contributed by atoms with Crippen molar-refractivity contribution in [2.75, 3.05) is 11.4 Å². The molecule has 0 fully saturated rings. The van der Waals surface area contributed by atoms with Gasteiger partial charge >= 0.3 is 6.09 Å². The van der Waals surface area contributed by atoms with E-state index < -0.39 is 5.60 Å². The van der Waals surface area contributed by atoms with Crippen molar-refractivity contribution in [1.29, 1.82) is 0 Å². The Morgan fingerprint density at radius 1 is 1.53 bits per heavy atom. The van der Waals surface area contributed by atoms with Crippen LogP contribution in [-0.4, -0.2) is 22.8 Å². The van der Waals surface area contributed by atoms with E-state index in [0.29, 0.717) is 0 Å². The van der Waals surface area contributed by atoms with Crippen LogP contribution >= 0.6 is 0 Å². The molecule has 0 spiro atoms. The van der Waals surface area contributed by atoms with Crippen LogP contribution in [0.3, 0.4) is 0 Å². The van der Waals surface area contributed by atoms with Gasteiger partial charge in [0.05, 0.1) is 11.4 Å². The third-order valence-electron chi connectivity index (χ3n) is 3.02. The van der Waals surface area contributed by atoms with Crippen molar-refractivity contribution < 1.29 is 9.53 Å². The molecule has 1 aromatic rings. The van der Waals surface area contributed by atoms with Crippen LogP contribution in [0.15, 0.2) is 0 Å². The minimum absolute atomic E-state index is 0.255. The van der Waals surface area contributed by atoms with Gasteiger partial charge in [-0.2, -0.15) is 5.10 Å². The van der Waals surface area contributed by atoms with Gasteiger partial charge in [0.15, 0.2) is 5.60 Å². The average Bonchev–Trinajstić information content (AvgIpc) is 2.58. The number of carbonyl (C=O) groups is 1. The summed E-state index contributed by atoms with van der Waals surface area (Å²) in [6.45, 7) is 4.47. The molecule has 2 aliphatic rings. The fourth-order valence-electron chi connectivity index (χ4n) is 2.29. The molecular weight excluding hydrogens is 194 g/mol. The molecule has 2 aliphatic heterocycles. The van der Waals surface area contributed by atoms with Crippen LogP contribution < -0.4 is 4.90 Å². The number of nitrogens with zero attached hydrogens (tertiary/aromatic N) is 2. The summed E-state index contributed by atoms with van der Waals surface area (Å²) in [7, 11) is 0. The van der Waals surface area contributed by atoms with Gasteiger partial charge in [-0.3, -0.25) is 10.00 Å². The lowest BCUT2D eigenvalue weighted by Gasteiger charge is -2.37. The summed E-state index contributed by atoms with van der Waals surface area (Å²) >= 11 is 0. The minimum atomic E-state index is -0.616. The standard InChI is InChI=1S/C10H13N3O2/c1-10(2)8-7-6(11-12-8)4-3-5-13(7)9(14)15-10/h3-5H2,1-2H3,(H,11,12). The van der Waals surface area contributed by atoms with Gasteiger partial charge in [-0.15, -0.1) is 0 Å². The molecule has 5 nitrogen and oxygen atoms in total. The minimum Gasteiger partial charge on any atom is -0.436 e. The molecule has 0 saturated carbocycles. The molecule has 3 rings (SSSR count). The Morgan fingerprint density at radius 2 is 2.33 bits per heavy atom. The topological polar surface area (TPSA) is 58.2 Å². The normalized spacial score (nSPS) is 22.3. The first-order valence-electron chi connectivity index (χ1n) is 5.18. The molecule has 80 valence electrons. The number of anilines is 1. The molecule has 1 amide bonds. The van der Waals surface area contributed by atoms with E-state index >= 15 is 0 Å². The maximum absolute atomic E-state index is 11.7. The molecule has 0 radical (unpaired) electrons. The molecule has 0 saturated heterocycles. The van der Waals surface area contributed by atoms with Gasteiger partial charge in [0.25, 0.3) is 0 Å². The lowest BCUT2D eigenvalue weighted by Crippen LogP contribution is -2.45. The van der Waals surface area contributed by atoms with E-state index in [1.54, 1.807) is 4.90 Å². The Kier molecular flexibility index (Phi) is 1.48. The van der Waals surface area contributed by atoms with E-state index in [0.717, 1.165) is 36.5 Å². The van der Waals surface area contributed by atoms with Crippen molar-refractivity contribution in [3.8, 4) is 0 Å². The molecule has 5 heteroatoms. The van der Waals surface area contributed by atoms with E-state index in [1.165, 1.54) is 0 Å². The molecule has 1 N–H and O–H groups in total. The van der Waals surface area contributed by atoms with Crippen molar-refractivity contribution in [2.45, 2.75) is 32.3 Å². The number of rotatable bonds is 0. The summed E-state index contributed by atoms with van der Waals surface area (Å²) in [4.78, 5) is 13.4. The Hall–Kier alpha value is -1.52. The van der Waals surface area contributed by atoms with Crippen molar-refractivity contribution in [3.05, 3.63) is 11.4 Å². The molecule has 15 heavy (non-hydrogen) atoms. The van der Waals surface area contributed by atoms with E-state index in [1.807, 2.05) is 13.8 Å². The van der Waals surface area contributed by atoms with Gasteiger partial charge in [-0.05, 0) is 26.7 Å². The molecule has 3 heterocycles. The van der Waals surface area contributed by atoms with Crippen molar-refractivity contribution in [1.82, 2.24) is 10.2 Å². The number of amides is 1. The summed E-state index contributed by atoms with van der Waals surface area (Å²) in [5.41, 5.74) is 2.23. The summed E-state index contributed by atoms with van der Waals surface area (Å²) in [6, 6.07) is 0. The van der Waals surface area contributed by atoms with Crippen molar-refractivity contribution >= 4 is 11.8 Å². The number of aromatic amines is 1. The van der Waals surface area contributed by atoms with Crippen LogP contribution in [0.25, 0.3) is 0 Å². The molecule has 1 aromatic heterocycles. The number of hydrogen-bond donors (Lipinski definition) is 1. The second-order valence-electron chi connectivity index (χ2n) is 4.53. The number of nitrogens with one attached hydrogen (secondary N) is 1. The highest BCUT2D eigenvalue weighted by Gasteiger charge is 2.43. The first kappa shape index (κ1) is 8.76. The summed E-state index contributed by atoms with van der Waals surface area (Å²) in [5.74, 6) is 0. The number of cyclic esters (lactones) is 1. The van der Waals surface area contributed by atoms with Crippen LogP contribution in [-0.2, 0) is 16.8 Å². The largest absolute Gasteiger partial charge is 0.436 e. The van der Waals surface area contributed by atoms with E-state index in [2.05, 4.69) is 10.2 Å². The third-order valence-corrected chi connectivity index (χ3v) is 3.02. The molecule has 0 atom stereocenters. The van der Waals surface area contributed by atoms with Gasteiger partial charge < -0.3 is 4.74 Å². The highest BCUT2D eigenvalue weighted by Crippen LogP contribution is 2.41. The second-order valence-corrected chi connectivity index (χ2v) is 4.53. The molecule has 0 unspecified atom stereocenters. The highest BCUT2D eigenvalue weighted by atomic mass is 16.6. The number of ether oxygens (including phenoxy) is 1. The third kappa shape index (κ3) is 1.03. The SMILES string of the molecule is CC1(C)OC(=O)N2CCCc3[nH]nc1c32. The zero-order valence-corrected chi connectivity index (χ0v) is 8.83. The Morgan fingerprint density at radius 3 is 3.13 bits per heavy atom. The number of aryl methyl sites for hydroxylation is 1. The molecule has 0 bridgehead atoms. The van der Waals surface area contributed by atoms with E-state index in [9.17, 15) is 4.79 Å². The summed E-state index contributed by atoms with van der Waals surface area (Å²) in [6.07, 6.45) is 1.67. The fraction of sp³-hybridized carbons (Fsp3) is 0.600. The predicted octanol–water partition coefficient (Wildman–Crippen LogP) is 1.55. The number of aromatic nitrogens is 2. The number of carbonyl (C=O) groups excluding carboxylic acids is 1. The first-order chi connectivity index (χ1) is 7.09. The van der Waals surface area contributed by atoms with Crippen LogP contribution in [0.1, 0.15) is 31.7 Å². The van der Waals surface area contributed by atoms with Gasteiger partial charge in [0.2, 0.25) is 0 Å². The van der Waals surface area contributed by atoms with Gasteiger partial charge in [0, 0.05) is 6.54 Å². The Labute approximate surface area is 87.4 Å². The first-order valence-corrected chi connectivity index (χ1v) is 5.18. The van der Waals surface area contributed by atoms with Gasteiger partial charge in [-0.25, -0.2) is 4.79 Å². The zero-order chi connectivity index (χ0) is 10.6. The highest BCUT2D eigenvalue weighted by molar-refractivity contribution is 5.92. The fourth-order valence-corrected chi connectivity index (χ4v) is 2.29. The quantitative estimate of drug-likeness (QED) is 0.702. The van der Waals surface area contributed by atoms with Crippen LogP contribution in [0.4, 0.5) is 10.5 Å². The molecule has 0 aromatic carbocycles. The summed E-state index contributed by atoms with van der Waals surface area (Å²) < 4.78 is 5.36. The van der Waals surface area contributed by atoms with Crippen LogP contribution in [0, 0.1) is 0 Å². The van der Waals surface area contributed by atoms with Crippen LogP contribution in [0.2, 0.25) is 0 Å². The number of H-pyrrole nitrogens is 1. The van der Waals surface area contributed by atoms with Crippen molar-refractivity contribution in [2.24, 2.45) is 0 Å². The summed E-state index contributed by atoms with van der Waals surface area (Å²) in [5, 5.41) is 7.26. The predicted molar refractivity (Wildman–Crippen MR) is 53.8 cm³/mol. The van der Waals surface area contributed by atoms with Crippen LogP contribution in [0.5, 0.6) is 0 Å². The van der Waals surface area contributed by atoms with Crippen molar-refractivity contribution in [3.63, 3.8) is 0 Å². The average molecular weight is 207 g/mol. The van der Waals surface area contributed by atoms with E-state index in [4.69, 9.17) is 4.74 Å². The number of hydrogen-bond acceptors (Lipinski definition) is 3. The van der Waals surface area contributed by atoms with Gasteiger partial charge in [0.1, 0.15) is 5.69 Å². The zero-order valence-electron chi connectivity index (χ0n) is 8.83.